The number of imide groups is 1. The summed E-state index contributed by atoms with van der Waals surface area (Å²) in [7, 11) is 0. The Morgan fingerprint density at radius 2 is 1.88 bits per heavy atom. The van der Waals surface area contributed by atoms with Gasteiger partial charge in [0.2, 0.25) is 11.8 Å². The van der Waals surface area contributed by atoms with E-state index in [-0.39, 0.29) is 36.3 Å². The summed E-state index contributed by atoms with van der Waals surface area (Å²) in [4.78, 5) is 50.3. The molecule has 4 amide bonds. The number of fused-ring (bicyclic) bond motifs is 1. The lowest BCUT2D eigenvalue weighted by Crippen LogP contribution is -2.46. The first-order chi connectivity index (χ1) is 15.7. The standard InChI is InChI=1S/C23H20ClF2N3O4/c24-16-7-5-15(6-8-16)23(25,26)22(33)27-11-13-4-9-17-14(10-13)12-29(21(17)32)18-2-1-3-19(30)28-20(18)31/h4-10,18H,1-3,11-12H2,(H,27,33)(H,28,30,31)/t18-/m1/s1. The van der Waals surface area contributed by atoms with Gasteiger partial charge >= 0.3 is 5.92 Å². The fraction of sp³-hybridized carbons (Fsp3) is 0.304. The minimum absolute atomic E-state index is 0.156. The van der Waals surface area contributed by atoms with Crippen LogP contribution in [-0.4, -0.2) is 34.6 Å². The van der Waals surface area contributed by atoms with Gasteiger partial charge in [-0.05, 0) is 42.2 Å². The molecule has 0 radical (unpaired) electrons. The Hall–Kier alpha value is -3.33. The zero-order valence-corrected chi connectivity index (χ0v) is 18.1. The summed E-state index contributed by atoms with van der Waals surface area (Å²) in [5.41, 5.74) is 1.09. The number of benzene rings is 2. The van der Waals surface area contributed by atoms with Crippen molar-refractivity contribution in [1.29, 1.82) is 0 Å². The largest absolute Gasteiger partial charge is 0.349 e. The molecule has 2 aliphatic rings. The first-order valence-corrected chi connectivity index (χ1v) is 10.7. The Bertz CT molecular complexity index is 1140. The van der Waals surface area contributed by atoms with Crippen LogP contribution in [-0.2, 0) is 33.4 Å². The van der Waals surface area contributed by atoms with Crippen LogP contribution in [0.1, 0.15) is 46.3 Å². The molecule has 0 spiro atoms. The average Bonchev–Trinajstić information content (AvgIpc) is 2.99. The third kappa shape index (κ3) is 4.59. The first kappa shape index (κ1) is 22.8. The molecule has 2 heterocycles. The van der Waals surface area contributed by atoms with Gasteiger partial charge in [0.1, 0.15) is 6.04 Å². The zero-order chi connectivity index (χ0) is 23.8. The van der Waals surface area contributed by atoms with Gasteiger partial charge in [-0.2, -0.15) is 8.78 Å². The van der Waals surface area contributed by atoms with E-state index in [9.17, 15) is 28.0 Å². The highest BCUT2D eigenvalue weighted by Crippen LogP contribution is 2.30. The number of nitrogens with zero attached hydrogens (tertiary/aromatic N) is 1. The van der Waals surface area contributed by atoms with Crippen molar-refractivity contribution in [1.82, 2.24) is 15.5 Å². The summed E-state index contributed by atoms with van der Waals surface area (Å²) in [6.07, 6.45) is 1.09. The fourth-order valence-electron chi connectivity index (χ4n) is 4.01. The van der Waals surface area contributed by atoms with Gasteiger partial charge in [-0.3, -0.25) is 24.5 Å². The molecule has 1 saturated heterocycles. The summed E-state index contributed by atoms with van der Waals surface area (Å²) in [6.45, 7) is -0.00886. The number of nitrogens with one attached hydrogen (secondary N) is 2. The molecule has 1 atom stereocenters. The van der Waals surface area contributed by atoms with Crippen molar-refractivity contribution in [2.75, 3.05) is 0 Å². The third-order valence-corrected chi connectivity index (χ3v) is 6.02. The van der Waals surface area contributed by atoms with Gasteiger partial charge in [-0.15, -0.1) is 0 Å². The Balaban J connectivity index is 1.44. The summed E-state index contributed by atoms with van der Waals surface area (Å²) < 4.78 is 28.9. The Morgan fingerprint density at radius 1 is 1.15 bits per heavy atom. The molecule has 10 heteroatoms. The van der Waals surface area contributed by atoms with Crippen LogP contribution < -0.4 is 10.6 Å². The minimum Gasteiger partial charge on any atom is -0.346 e. The number of carbonyl (C=O) groups is 4. The third-order valence-electron chi connectivity index (χ3n) is 5.77. The van der Waals surface area contributed by atoms with E-state index in [0.717, 1.165) is 12.1 Å². The molecule has 0 aromatic heterocycles. The summed E-state index contributed by atoms with van der Waals surface area (Å²) in [6, 6.07) is 8.76. The van der Waals surface area contributed by atoms with Crippen LogP contribution in [0, 0.1) is 0 Å². The molecule has 0 unspecified atom stereocenters. The average molecular weight is 476 g/mol. The number of hydrogen-bond donors (Lipinski definition) is 2. The smallest absolute Gasteiger partial charge is 0.346 e. The molecule has 33 heavy (non-hydrogen) atoms. The van der Waals surface area contributed by atoms with Crippen molar-refractivity contribution in [2.24, 2.45) is 0 Å². The van der Waals surface area contributed by atoms with E-state index in [1.165, 1.54) is 17.0 Å². The summed E-state index contributed by atoms with van der Waals surface area (Å²) in [5.74, 6) is -6.39. The highest BCUT2D eigenvalue weighted by Gasteiger charge is 2.41. The molecule has 4 rings (SSSR count). The lowest BCUT2D eigenvalue weighted by molar-refractivity contribution is -0.147. The molecule has 2 aliphatic heterocycles. The van der Waals surface area contributed by atoms with Crippen LogP contribution in [0.2, 0.25) is 5.02 Å². The SMILES string of the molecule is O=C1CCC[C@@H](N2Cc3cc(CNC(=O)C(F)(F)c4ccc(Cl)cc4)ccc3C2=O)C(=O)N1. The van der Waals surface area contributed by atoms with Gasteiger partial charge in [0.15, 0.2) is 0 Å². The predicted octanol–water partition coefficient (Wildman–Crippen LogP) is 2.90. The summed E-state index contributed by atoms with van der Waals surface area (Å²) in [5, 5.41) is 4.80. The highest BCUT2D eigenvalue weighted by atomic mass is 35.5. The van der Waals surface area contributed by atoms with E-state index in [0.29, 0.717) is 29.5 Å². The lowest BCUT2D eigenvalue weighted by atomic mass is 10.1. The molecule has 172 valence electrons. The Labute approximate surface area is 193 Å². The van der Waals surface area contributed by atoms with Crippen LogP contribution in [0.3, 0.4) is 0 Å². The second-order valence-corrected chi connectivity index (χ2v) is 8.45. The second kappa shape index (κ2) is 8.90. The van der Waals surface area contributed by atoms with Gasteiger partial charge in [-0.25, -0.2) is 0 Å². The molecule has 2 aromatic carbocycles. The Morgan fingerprint density at radius 3 is 2.61 bits per heavy atom. The second-order valence-electron chi connectivity index (χ2n) is 8.01. The molecule has 2 aromatic rings. The zero-order valence-electron chi connectivity index (χ0n) is 17.4. The van der Waals surface area contributed by atoms with E-state index in [1.807, 2.05) is 0 Å². The van der Waals surface area contributed by atoms with Gasteiger partial charge in [-0.1, -0.05) is 35.9 Å². The maximum Gasteiger partial charge on any atom is 0.349 e. The van der Waals surface area contributed by atoms with Crippen LogP contribution in [0.15, 0.2) is 42.5 Å². The number of hydrogen-bond acceptors (Lipinski definition) is 4. The Kier molecular flexibility index (Phi) is 6.16. The number of halogens is 3. The van der Waals surface area contributed by atoms with Gasteiger partial charge in [0.05, 0.1) is 0 Å². The van der Waals surface area contributed by atoms with Crippen LogP contribution in [0.4, 0.5) is 8.78 Å². The molecule has 2 N–H and O–H groups in total. The topological polar surface area (TPSA) is 95.6 Å². The van der Waals surface area contributed by atoms with E-state index < -0.39 is 29.3 Å². The number of rotatable bonds is 5. The van der Waals surface area contributed by atoms with Gasteiger partial charge in [0.25, 0.3) is 11.8 Å². The monoisotopic (exact) mass is 475 g/mol. The number of carbonyl (C=O) groups excluding carboxylic acids is 4. The van der Waals surface area contributed by atoms with Crippen LogP contribution >= 0.6 is 11.6 Å². The molecule has 0 saturated carbocycles. The van der Waals surface area contributed by atoms with Gasteiger partial charge in [0, 0.05) is 35.7 Å². The lowest BCUT2D eigenvalue weighted by Gasteiger charge is -2.24. The predicted molar refractivity (Wildman–Crippen MR) is 114 cm³/mol. The van der Waals surface area contributed by atoms with Crippen molar-refractivity contribution in [3.05, 3.63) is 69.7 Å². The van der Waals surface area contributed by atoms with Crippen molar-refractivity contribution in [2.45, 2.75) is 44.3 Å². The number of alkyl halides is 2. The first-order valence-electron chi connectivity index (χ1n) is 10.4. The molecule has 0 bridgehead atoms. The van der Waals surface area contributed by atoms with E-state index in [1.54, 1.807) is 18.2 Å². The van der Waals surface area contributed by atoms with Crippen LogP contribution in [0.25, 0.3) is 0 Å². The fourth-order valence-corrected chi connectivity index (χ4v) is 4.14. The molecular formula is C23H20ClF2N3O4. The quantitative estimate of drug-likeness (QED) is 0.650. The van der Waals surface area contributed by atoms with Crippen LogP contribution in [0.5, 0.6) is 0 Å². The maximum atomic E-state index is 14.4. The van der Waals surface area contributed by atoms with Crippen molar-refractivity contribution in [3.8, 4) is 0 Å². The number of amides is 4. The highest BCUT2D eigenvalue weighted by molar-refractivity contribution is 6.30. The molecular weight excluding hydrogens is 456 g/mol. The molecule has 0 aliphatic carbocycles. The van der Waals surface area contributed by atoms with E-state index in [4.69, 9.17) is 11.6 Å². The van der Waals surface area contributed by atoms with Gasteiger partial charge < -0.3 is 10.2 Å². The normalized spacial score (nSPS) is 18.6. The molecule has 7 nitrogen and oxygen atoms in total. The van der Waals surface area contributed by atoms with E-state index in [2.05, 4.69) is 10.6 Å². The minimum atomic E-state index is -3.74. The maximum absolute atomic E-state index is 14.4. The van der Waals surface area contributed by atoms with Crippen molar-refractivity contribution >= 4 is 35.2 Å². The van der Waals surface area contributed by atoms with E-state index >= 15 is 0 Å². The molecule has 1 fully saturated rings. The van der Waals surface area contributed by atoms with Crippen molar-refractivity contribution in [3.63, 3.8) is 0 Å². The van der Waals surface area contributed by atoms with Crippen molar-refractivity contribution < 1.29 is 28.0 Å². The summed E-state index contributed by atoms with van der Waals surface area (Å²) >= 11 is 5.71.